The van der Waals surface area contributed by atoms with Gasteiger partial charge in [-0.25, -0.2) is 4.79 Å². The van der Waals surface area contributed by atoms with Crippen molar-refractivity contribution in [3.05, 3.63) is 59.2 Å². The summed E-state index contributed by atoms with van der Waals surface area (Å²) in [4.78, 5) is 12.5. The Labute approximate surface area is 162 Å². The minimum absolute atomic E-state index is 0.0543. The van der Waals surface area contributed by atoms with Gasteiger partial charge in [-0.05, 0) is 23.8 Å². The number of esters is 1. The zero-order valence-electron chi connectivity index (χ0n) is 14.9. The number of carbonyl (C=O) groups is 1. The number of benzene rings is 2. The lowest BCUT2D eigenvalue weighted by molar-refractivity contribution is 0.0398. The summed E-state index contributed by atoms with van der Waals surface area (Å²) in [5.41, 5.74) is 10.7. The third-order valence-electron chi connectivity index (χ3n) is 4.16. The number of nitrogens with one attached hydrogen (secondary N) is 1. The van der Waals surface area contributed by atoms with Crippen molar-refractivity contribution < 1.29 is 19.0 Å². The summed E-state index contributed by atoms with van der Waals surface area (Å²) >= 11 is 4.83. The average Bonchev–Trinajstić information content (AvgIpc) is 3.00. The van der Waals surface area contributed by atoms with Crippen LogP contribution in [0.3, 0.4) is 0 Å². The maximum absolute atomic E-state index is 12.5. The predicted octanol–water partition coefficient (Wildman–Crippen LogP) is 2.54. The van der Waals surface area contributed by atoms with Crippen LogP contribution in [0.15, 0.2) is 47.6 Å². The van der Waals surface area contributed by atoms with Crippen molar-refractivity contribution in [1.82, 2.24) is 5.43 Å². The molecule has 0 bridgehead atoms. The molecule has 1 heterocycles. The summed E-state index contributed by atoms with van der Waals surface area (Å²) in [7, 11) is 3.01. The molecule has 1 aliphatic heterocycles. The highest BCUT2D eigenvalue weighted by atomic mass is 32.1. The number of nitrogens with zero attached hydrogens (tertiary/aromatic N) is 1. The van der Waals surface area contributed by atoms with Crippen molar-refractivity contribution >= 4 is 29.0 Å². The van der Waals surface area contributed by atoms with Gasteiger partial charge in [0.25, 0.3) is 0 Å². The molecule has 1 aliphatic rings. The highest BCUT2D eigenvalue weighted by molar-refractivity contribution is 7.80. The molecule has 1 unspecified atom stereocenters. The van der Waals surface area contributed by atoms with Crippen LogP contribution in [0.25, 0.3) is 0 Å². The maximum Gasteiger partial charge on any atom is 0.343 e. The van der Waals surface area contributed by atoms with Crippen LogP contribution in [-0.4, -0.2) is 31.0 Å². The van der Waals surface area contributed by atoms with Gasteiger partial charge in [-0.2, -0.15) is 5.10 Å². The molecule has 0 amide bonds. The highest BCUT2D eigenvalue weighted by Gasteiger charge is 2.36. The number of nitrogens with two attached hydrogens (primary N) is 1. The molecule has 2 aromatic rings. The van der Waals surface area contributed by atoms with Crippen LogP contribution >= 0.6 is 12.2 Å². The number of ether oxygens (including phenoxy) is 3. The van der Waals surface area contributed by atoms with Crippen LogP contribution < -0.4 is 20.6 Å². The van der Waals surface area contributed by atoms with Gasteiger partial charge in [0.05, 0.1) is 19.9 Å². The number of rotatable bonds is 6. The number of cyclic esters (lactones) is 1. The Hall–Kier alpha value is -3.13. The maximum atomic E-state index is 12.5. The lowest BCUT2D eigenvalue weighted by Crippen LogP contribution is -2.26. The van der Waals surface area contributed by atoms with Crippen LogP contribution in [0.4, 0.5) is 0 Å². The molecule has 0 saturated heterocycles. The van der Waals surface area contributed by atoms with Gasteiger partial charge >= 0.3 is 5.97 Å². The Kier molecular flexibility index (Phi) is 5.56. The van der Waals surface area contributed by atoms with E-state index in [0.29, 0.717) is 29.2 Å². The van der Waals surface area contributed by atoms with E-state index >= 15 is 0 Å². The minimum Gasteiger partial charge on any atom is -0.493 e. The predicted molar refractivity (Wildman–Crippen MR) is 105 cm³/mol. The first-order chi connectivity index (χ1) is 13.0. The SMILES string of the molecule is COc1ccc2c(c1OC)C(=O)OC2C/C(=N\NC(N)=S)c1ccccc1. The molecule has 0 fully saturated rings. The third-order valence-corrected chi connectivity index (χ3v) is 4.26. The van der Waals surface area contributed by atoms with Crippen LogP contribution in [0.5, 0.6) is 11.5 Å². The Morgan fingerprint density at radius 3 is 2.59 bits per heavy atom. The lowest BCUT2D eigenvalue weighted by Gasteiger charge is -2.14. The molecule has 0 radical (unpaired) electrons. The normalized spacial score (nSPS) is 15.7. The number of hydrogen-bond acceptors (Lipinski definition) is 6. The standard InChI is InChI=1S/C19H19N3O4S/c1-24-14-9-8-12-15(26-18(23)16(12)17(14)25-2)10-13(21-22-19(20)27)11-6-4-3-5-7-11/h3-9,15H,10H2,1-2H3,(H3,20,22,27)/b21-13+. The van der Waals surface area contributed by atoms with Gasteiger partial charge in [0.2, 0.25) is 0 Å². The Balaban J connectivity index is 1.97. The lowest BCUT2D eigenvalue weighted by atomic mass is 9.97. The molecule has 140 valence electrons. The third kappa shape index (κ3) is 3.85. The highest BCUT2D eigenvalue weighted by Crippen LogP contribution is 2.43. The summed E-state index contributed by atoms with van der Waals surface area (Å²) in [5.74, 6) is 0.378. The van der Waals surface area contributed by atoms with Crippen LogP contribution in [0.2, 0.25) is 0 Å². The van der Waals surface area contributed by atoms with Gasteiger partial charge < -0.3 is 19.9 Å². The summed E-state index contributed by atoms with van der Waals surface area (Å²) in [5, 5.41) is 4.34. The van der Waals surface area contributed by atoms with Crippen molar-refractivity contribution in [3.63, 3.8) is 0 Å². The van der Waals surface area contributed by atoms with Gasteiger partial charge in [-0.15, -0.1) is 0 Å². The van der Waals surface area contributed by atoms with Gasteiger partial charge in [-0.3, -0.25) is 5.43 Å². The van der Waals surface area contributed by atoms with Gasteiger partial charge in [-0.1, -0.05) is 36.4 Å². The number of hydrazone groups is 1. The Morgan fingerprint density at radius 1 is 1.22 bits per heavy atom. The zero-order chi connectivity index (χ0) is 19.4. The summed E-state index contributed by atoms with van der Waals surface area (Å²) in [6.45, 7) is 0. The van der Waals surface area contributed by atoms with Gasteiger partial charge in [0, 0.05) is 12.0 Å². The molecule has 0 aromatic heterocycles. The molecule has 2 aromatic carbocycles. The Bertz CT molecular complexity index is 899. The van der Waals surface area contributed by atoms with Crippen molar-refractivity contribution in [2.75, 3.05) is 14.2 Å². The van der Waals surface area contributed by atoms with E-state index < -0.39 is 12.1 Å². The molecule has 7 nitrogen and oxygen atoms in total. The van der Waals surface area contributed by atoms with Crippen LogP contribution in [0, 0.1) is 0 Å². The van der Waals surface area contributed by atoms with E-state index in [2.05, 4.69) is 10.5 Å². The van der Waals surface area contributed by atoms with Crippen LogP contribution in [0.1, 0.15) is 34.0 Å². The second kappa shape index (κ2) is 8.05. The molecule has 8 heteroatoms. The fourth-order valence-corrected chi connectivity index (χ4v) is 3.03. The van der Waals surface area contributed by atoms with Crippen molar-refractivity contribution in [2.45, 2.75) is 12.5 Å². The fourth-order valence-electron chi connectivity index (χ4n) is 2.98. The summed E-state index contributed by atoms with van der Waals surface area (Å²) < 4.78 is 16.2. The number of thiocarbonyl (C=S) groups is 1. The van der Waals surface area contributed by atoms with E-state index in [1.165, 1.54) is 14.2 Å². The van der Waals surface area contributed by atoms with E-state index in [4.69, 9.17) is 32.2 Å². The molecular weight excluding hydrogens is 366 g/mol. The molecule has 3 rings (SSSR count). The summed E-state index contributed by atoms with van der Waals surface area (Å²) in [6.07, 6.45) is -0.173. The second-order valence-electron chi connectivity index (χ2n) is 5.76. The Morgan fingerprint density at radius 2 is 1.96 bits per heavy atom. The van der Waals surface area contributed by atoms with Crippen molar-refractivity contribution in [1.29, 1.82) is 0 Å². The number of hydrogen-bond donors (Lipinski definition) is 2. The van der Waals surface area contributed by atoms with E-state index in [9.17, 15) is 4.79 Å². The van der Waals surface area contributed by atoms with Crippen LogP contribution in [-0.2, 0) is 4.74 Å². The number of fused-ring (bicyclic) bond motifs is 1. The van der Waals surface area contributed by atoms with E-state index in [0.717, 1.165) is 11.1 Å². The minimum atomic E-state index is -0.514. The smallest absolute Gasteiger partial charge is 0.343 e. The average molecular weight is 385 g/mol. The molecule has 0 aliphatic carbocycles. The zero-order valence-corrected chi connectivity index (χ0v) is 15.7. The molecular formula is C19H19N3O4S. The monoisotopic (exact) mass is 385 g/mol. The molecule has 3 N–H and O–H groups in total. The number of carbonyl (C=O) groups excluding carboxylic acids is 1. The topological polar surface area (TPSA) is 95.2 Å². The molecule has 0 spiro atoms. The molecule has 0 saturated carbocycles. The first-order valence-electron chi connectivity index (χ1n) is 8.18. The van der Waals surface area contributed by atoms with Crippen molar-refractivity contribution in [2.24, 2.45) is 10.8 Å². The second-order valence-corrected chi connectivity index (χ2v) is 6.20. The first kappa shape index (κ1) is 18.7. The molecule has 1 atom stereocenters. The molecule has 27 heavy (non-hydrogen) atoms. The first-order valence-corrected chi connectivity index (χ1v) is 8.59. The van der Waals surface area contributed by atoms with E-state index in [1.807, 2.05) is 30.3 Å². The van der Waals surface area contributed by atoms with Gasteiger partial charge in [0.1, 0.15) is 11.7 Å². The number of methoxy groups -OCH3 is 2. The van der Waals surface area contributed by atoms with Gasteiger partial charge in [0.15, 0.2) is 16.6 Å². The summed E-state index contributed by atoms with van der Waals surface area (Å²) in [6, 6.07) is 13.1. The van der Waals surface area contributed by atoms with E-state index in [1.54, 1.807) is 12.1 Å². The van der Waals surface area contributed by atoms with Crippen molar-refractivity contribution in [3.8, 4) is 11.5 Å². The van der Waals surface area contributed by atoms with E-state index in [-0.39, 0.29) is 5.11 Å². The quantitative estimate of drug-likeness (QED) is 0.341. The largest absolute Gasteiger partial charge is 0.493 e. The fraction of sp³-hybridized carbons (Fsp3) is 0.211.